The number of hydrogen-bond acceptors (Lipinski definition) is 4. The van der Waals surface area contributed by atoms with Gasteiger partial charge in [-0.25, -0.2) is 0 Å². The molecule has 7 nitrogen and oxygen atoms in total. The Balaban J connectivity index is 2.03. The number of carbonyl (C=O) groups excluding carboxylic acids is 1. The van der Waals surface area contributed by atoms with Crippen LogP contribution in [0.15, 0.2) is 16.9 Å². The minimum atomic E-state index is -0.871. The molecule has 0 aliphatic carbocycles. The van der Waals surface area contributed by atoms with Gasteiger partial charge in [-0.3, -0.25) is 19.3 Å². The zero-order chi connectivity index (χ0) is 15.6. The largest absolute Gasteiger partial charge is 0.480 e. The van der Waals surface area contributed by atoms with Crippen LogP contribution in [0.5, 0.6) is 0 Å². The van der Waals surface area contributed by atoms with Gasteiger partial charge in [-0.05, 0) is 26.0 Å². The van der Waals surface area contributed by atoms with Crippen LogP contribution in [0.2, 0.25) is 0 Å². The van der Waals surface area contributed by atoms with E-state index >= 15 is 0 Å². The molecular weight excluding hydrogens is 274 g/mol. The maximum absolute atomic E-state index is 12.3. The molecule has 1 aromatic rings. The van der Waals surface area contributed by atoms with Gasteiger partial charge in [0.2, 0.25) is 0 Å². The Bertz CT molecular complexity index is 602. The molecule has 0 radical (unpaired) electrons. The first-order valence-corrected chi connectivity index (χ1v) is 6.86. The molecule has 114 valence electrons. The number of aryl methyl sites for hydroxylation is 1. The van der Waals surface area contributed by atoms with Crippen LogP contribution in [0.1, 0.15) is 23.0 Å². The van der Waals surface area contributed by atoms with Gasteiger partial charge in [-0.1, -0.05) is 0 Å². The monoisotopic (exact) mass is 293 g/mol. The summed E-state index contributed by atoms with van der Waals surface area (Å²) in [5.74, 6) is -1.18. The summed E-state index contributed by atoms with van der Waals surface area (Å²) in [6.45, 7) is 5.20. The lowest BCUT2D eigenvalue weighted by Gasteiger charge is -2.36. The summed E-state index contributed by atoms with van der Waals surface area (Å²) in [5.41, 5.74) is 0.443. The Kier molecular flexibility index (Phi) is 4.42. The van der Waals surface area contributed by atoms with Crippen LogP contribution in [0.25, 0.3) is 0 Å². The Morgan fingerprint density at radius 3 is 2.38 bits per heavy atom. The maximum atomic E-state index is 12.3. The highest BCUT2D eigenvalue weighted by atomic mass is 16.4. The van der Waals surface area contributed by atoms with Gasteiger partial charge in [0, 0.05) is 31.9 Å². The summed E-state index contributed by atoms with van der Waals surface area (Å²) in [6, 6.07) is 2.66. The highest BCUT2D eigenvalue weighted by molar-refractivity contribution is 5.93. The second kappa shape index (κ2) is 6.09. The minimum Gasteiger partial charge on any atom is -0.480 e. The SMILES string of the molecule is Cc1ccc(C(=O)N2CCN(C(C)C(=O)O)CC2)c(=O)[nH]1. The fourth-order valence-electron chi connectivity index (χ4n) is 2.38. The second-order valence-electron chi connectivity index (χ2n) is 5.23. The standard InChI is InChI=1S/C14H19N3O4/c1-9-3-4-11(12(18)15-9)13(19)17-7-5-16(6-8-17)10(2)14(20)21/h3-4,10H,5-8H2,1-2H3,(H,15,18)(H,20,21). The summed E-state index contributed by atoms with van der Waals surface area (Å²) in [6.07, 6.45) is 0. The zero-order valence-electron chi connectivity index (χ0n) is 12.1. The number of carboxylic acids is 1. The van der Waals surface area contributed by atoms with Gasteiger partial charge < -0.3 is 15.0 Å². The number of nitrogens with one attached hydrogen (secondary N) is 1. The summed E-state index contributed by atoms with van der Waals surface area (Å²) in [4.78, 5) is 41.1. The fourth-order valence-corrected chi connectivity index (χ4v) is 2.38. The molecule has 2 heterocycles. The highest BCUT2D eigenvalue weighted by Gasteiger charge is 2.28. The molecule has 0 aromatic carbocycles. The topological polar surface area (TPSA) is 93.7 Å². The third-order valence-corrected chi connectivity index (χ3v) is 3.79. The first-order chi connectivity index (χ1) is 9.90. The van der Waals surface area contributed by atoms with E-state index < -0.39 is 12.0 Å². The van der Waals surface area contributed by atoms with E-state index in [9.17, 15) is 14.4 Å². The van der Waals surface area contributed by atoms with Crippen LogP contribution < -0.4 is 5.56 Å². The molecule has 1 fully saturated rings. The van der Waals surface area contributed by atoms with Gasteiger partial charge in [0.15, 0.2) is 0 Å². The number of nitrogens with zero attached hydrogens (tertiary/aromatic N) is 2. The van der Waals surface area contributed by atoms with Crippen LogP contribution in [-0.4, -0.2) is 64.0 Å². The van der Waals surface area contributed by atoms with Crippen molar-refractivity contribution in [3.63, 3.8) is 0 Å². The molecule has 2 rings (SSSR count). The number of hydrogen-bond donors (Lipinski definition) is 2. The van der Waals surface area contributed by atoms with Crippen LogP contribution in [0.3, 0.4) is 0 Å². The molecule has 21 heavy (non-hydrogen) atoms. The molecule has 1 unspecified atom stereocenters. The number of rotatable bonds is 3. The van der Waals surface area contributed by atoms with E-state index in [-0.39, 0.29) is 17.0 Å². The van der Waals surface area contributed by atoms with Gasteiger partial charge in [0.05, 0.1) is 0 Å². The molecule has 1 aliphatic rings. The number of carbonyl (C=O) groups is 2. The van der Waals surface area contributed by atoms with E-state index in [1.54, 1.807) is 24.8 Å². The molecule has 1 atom stereocenters. The number of piperazine rings is 1. The molecule has 1 aliphatic heterocycles. The Hall–Kier alpha value is -2.15. The molecule has 0 bridgehead atoms. The van der Waals surface area contributed by atoms with E-state index in [1.165, 1.54) is 6.07 Å². The van der Waals surface area contributed by atoms with Crippen molar-refractivity contribution in [2.75, 3.05) is 26.2 Å². The average Bonchev–Trinajstić information content (AvgIpc) is 2.46. The molecular formula is C14H19N3O4. The molecule has 1 aromatic heterocycles. The molecule has 2 N–H and O–H groups in total. The van der Waals surface area contributed by atoms with Gasteiger partial charge >= 0.3 is 5.97 Å². The second-order valence-corrected chi connectivity index (χ2v) is 5.23. The van der Waals surface area contributed by atoms with Gasteiger partial charge in [0.25, 0.3) is 11.5 Å². The summed E-state index contributed by atoms with van der Waals surface area (Å²) < 4.78 is 0. The van der Waals surface area contributed by atoms with Crippen molar-refractivity contribution >= 4 is 11.9 Å². The van der Waals surface area contributed by atoms with Crippen LogP contribution in [0, 0.1) is 6.92 Å². The third-order valence-electron chi connectivity index (χ3n) is 3.79. The van der Waals surface area contributed by atoms with Crippen LogP contribution in [0.4, 0.5) is 0 Å². The lowest BCUT2D eigenvalue weighted by molar-refractivity contribution is -0.143. The Labute approximate surface area is 122 Å². The highest BCUT2D eigenvalue weighted by Crippen LogP contribution is 2.09. The smallest absolute Gasteiger partial charge is 0.320 e. The normalized spacial score (nSPS) is 17.5. The van der Waals surface area contributed by atoms with E-state index in [1.807, 2.05) is 4.90 Å². The van der Waals surface area contributed by atoms with Crippen LogP contribution >= 0.6 is 0 Å². The third kappa shape index (κ3) is 3.30. The number of H-pyrrole nitrogens is 1. The van der Waals surface area contributed by atoms with Crippen molar-refractivity contribution in [3.8, 4) is 0 Å². The van der Waals surface area contributed by atoms with Crippen molar-refractivity contribution < 1.29 is 14.7 Å². The van der Waals surface area contributed by atoms with E-state index in [0.717, 1.165) is 0 Å². The molecule has 1 amide bonds. The molecule has 7 heteroatoms. The molecule has 0 saturated carbocycles. The van der Waals surface area contributed by atoms with Gasteiger partial charge in [-0.2, -0.15) is 0 Å². The number of aromatic amines is 1. The predicted molar refractivity (Wildman–Crippen MR) is 76.4 cm³/mol. The quantitative estimate of drug-likeness (QED) is 0.812. The number of aromatic nitrogens is 1. The minimum absolute atomic E-state index is 0.125. The predicted octanol–water partition coefficient (Wildman–Crippen LogP) is -0.0858. The summed E-state index contributed by atoms with van der Waals surface area (Å²) in [5, 5.41) is 8.98. The lowest BCUT2D eigenvalue weighted by atomic mass is 10.2. The van der Waals surface area contributed by atoms with Crippen molar-refractivity contribution in [2.45, 2.75) is 19.9 Å². The van der Waals surface area contributed by atoms with E-state index in [2.05, 4.69) is 4.98 Å². The van der Waals surface area contributed by atoms with Crippen molar-refractivity contribution in [1.29, 1.82) is 0 Å². The molecule has 1 saturated heterocycles. The average molecular weight is 293 g/mol. The Morgan fingerprint density at radius 2 is 1.86 bits per heavy atom. The number of pyridine rings is 1. The number of carboxylic acid groups (broad SMARTS) is 1. The number of aliphatic carboxylic acids is 1. The lowest BCUT2D eigenvalue weighted by Crippen LogP contribution is -2.53. The van der Waals surface area contributed by atoms with Crippen molar-refractivity contribution in [1.82, 2.24) is 14.8 Å². The maximum Gasteiger partial charge on any atom is 0.320 e. The fraction of sp³-hybridized carbons (Fsp3) is 0.500. The first kappa shape index (κ1) is 15.2. The van der Waals surface area contributed by atoms with Gasteiger partial charge in [-0.15, -0.1) is 0 Å². The first-order valence-electron chi connectivity index (χ1n) is 6.86. The van der Waals surface area contributed by atoms with Crippen molar-refractivity contribution in [2.24, 2.45) is 0 Å². The Morgan fingerprint density at radius 1 is 1.24 bits per heavy atom. The summed E-state index contributed by atoms with van der Waals surface area (Å²) in [7, 11) is 0. The van der Waals surface area contributed by atoms with E-state index in [4.69, 9.17) is 5.11 Å². The molecule has 0 spiro atoms. The van der Waals surface area contributed by atoms with Crippen molar-refractivity contribution in [3.05, 3.63) is 33.7 Å². The van der Waals surface area contributed by atoms with E-state index in [0.29, 0.717) is 31.9 Å². The van der Waals surface area contributed by atoms with Crippen LogP contribution in [-0.2, 0) is 4.79 Å². The number of amides is 1. The zero-order valence-corrected chi connectivity index (χ0v) is 12.1. The van der Waals surface area contributed by atoms with Gasteiger partial charge in [0.1, 0.15) is 11.6 Å². The summed E-state index contributed by atoms with van der Waals surface area (Å²) >= 11 is 0.